The van der Waals surface area contributed by atoms with Gasteiger partial charge < -0.3 is 11.5 Å². The molecule has 0 aliphatic carbocycles. The van der Waals surface area contributed by atoms with E-state index in [1.54, 1.807) is 0 Å². The van der Waals surface area contributed by atoms with Crippen molar-refractivity contribution >= 4 is 5.91 Å². The van der Waals surface area contributed by atoms with Gasteiger partial charge in [0.25, 0.3) is 0 Å². The molecule has 0 aliphatic rings. The molecule has 1 aromatic carbocycles. The Morgan fingerprint density at radius 1 is 1.22 bits per heavy atom. The summed E-state index contributed by atoms with van der Waals surface area (Å²) < 4.78 is 39.3. The molecule has 0 bridgehead atoms. The molecule has 4 nitrogen and oxygen atoms in total. The molecule has 1 heterocycles. The molecular weight excluding hydrogens is 307 g/mol. The third-order valence-corrected chi connectivity index (χ3v) is 3.47. The Balaban J connectivity index is 2.44. The molecule has 0 fully saturated rings. The Hall–Kier alpha value is -2.41. The third-order valence-electron chi connectivity index (χ3n) is 3.47. The molecule has 0 radical (unpaired) electrons. The van der Waals surface area contributed by atoms with Crippen LogP contribution in [-0.4, -0.2) is 16.4 Å². The minimum Gasteiger partial charge on any atom is -0.368 e. The molecular formula is C16H16F3N3O. The molecule has 122 valence electrons. The summed E-state index contributed by atoms with van der Waals surface area (Å²) in [5.41, 5.74) is 9.72. The van der Waals surface area contributed by atoms with Crippen LogP contribution in [0.4, 0.5) is 13.2 Å². The zero-order chi connectivity index (χ0) is 17.3. The number of nitrogens with zero attached hydrogens (tertiary/aromatic N) is 1. The van der Waals surface area contributed by atoms with Crippen LogP contribution in [0.5, 0.6) is 0 Å². The van der Waals surface area contributed by atoms with Crippen molar-refractivity contribution in [2.45, 2.75) is 25.1 Å². The number of amides is 1. The maximum absolute atomic E-state index is 13.1. The number of pyridine rings is 1. The van der Waals surface area contributed by atoms with E-state index in [1.807, 2.05) is 0 Å². The van der Waals surface area contributed by atoms with E-state index < -0.39 is 23.2 Å². The molecule has 1 atom stereocenters. The van der Waals surface area contributed by atoms with E-state index in [1.165, 1.54) is 43.5 Å². The minimum atomic E-state index is -4.46. The number of rotatable bonds is 4. The lowest BCUT2D eigenvalue weighted by atomic mass is 9.94. The number of hydrogen-bond donors (Lipinski definition) is 2. The van der Waals surface area contributed by atoms with Crippen LogP contribution in [0, 0.1) is 0 Å². The van der Waals surface area contributed by atoms with Crippen LogP contribution in [0.1, 0.15) is 18.2 Å². The number of nitrogens with two attached hydrogens (primary N) is 2. The largest absolute Gasteiger partial charge is 0.417 e. The summed E-state index contributed by atoms with van der Waals surface area (Å²) in [7, 11) is 0. The molecule has 4 N–H and O–H groups in total. The zero-order valence-corrected chi connectivity index (χ0v) is 12.4. The molecule has 1 aromatic heterocycles. The molecule has 23 heavy (non-hydrogen) atoms. The fourth-order valence-corrected chi connectivity index (χ4v) is 2.19. The number of carbonyl (C=O) groups excluding carboxylic acids is 1. The highest BCUT2D eigenvalue weighted by atomic mass is 19.4. The molecule has 7 heteroatoms. The van der Waals surface area contributed by atoms with E-state index in [-0.39, 0.29) is 12.0 Å². The van der Waals surface area contributed by atoms with Crippen LogP contribution in [0.2, 0.25) is 0 Å². The first-order chi connectivity index (χ1) is 10.6. The zero-order valence-electron chi connectivity index (χ0n) is 12.4. The SMILES string of the molecule is C[C@@](N)(Cc1cc(-c2ccccc2C(F)(F)F)ccn1)C(N)=O. The first-order valence-electron chi connectivity index (χ1n) is 6.81. The number of carbonyl (C=O) groups is 1. The normalized spacial score (nSPS) is 14.3. The van der Waals surface area contributed by atoms with Crippen molar-refractivity contribution in [2.75, 3.05) is 0 Å². The van der Waals surface area contributed by atoms with Crippen LogP contribution >= 0.6 is 0 Å². The van der Waals surface area contributed by atoms with Gasteiger partial charge in [0.15, 0.2) is 0 Å². The molecule has 0 saturated carbocycles. The topological polar surface area (TPSA) is 82.0 Å². The second kappa shape index (κ2) is 6.00. The first kappa shape index (κ1) is 17.0. The van der Waals surface area contributed by atoms with Crippen LogP contribution in [0.3, 0.4) is 0 Å². The standard InChI is InChI=1S/C16H16F3N3O/c1-15(21,14(20)23)9-11-8-10(6-7-22-11)12-4-2-3-5-13(12)16(17,18)19/h2-8H,9,21H2,1H3,(H2,20,23)/t15-/m1/s1. The molecule has 2 aromatic rings. The van der Waals surface area contributed by atoms with E-state index in [2.05, 4.69) is 4.98 Å². The van der Waals surface area contributed by atoms with E-state index in [0.29, 0.717) is 11.3 Å². The lowest BCUT2D eigenvalue weighted by molar-refractivity contribution is -0.137. The van der Waals surface area contributed by atoms with E-state index in [4.69, 9.17) is 11.5 Å². The monoisotopic (exact) mass is 323 g/mol. The first-order valence-corrected chi connectivity index (χ1v) is 6.81. The molecule has 0 aliphatic heterocycles. The van der Waals surface area contributed by atoms with Crippen LogP contribution in [0.25, 0.3) is 11.1 Å². The molecule has 1 amide bonds. The average Bonchev–Trinajstić information content (AvgIpc) is 2.46. The average molecular weight is 323 g/mol. The van der Waals surface area contributed by atoms with Gasteiger partial charge in [-0.1, -0.05) is 18.2 Å². The highest BCUT2D eigenvalue weighted by Crippen LogP contribution is 2.36. The predicted molar refractivity (Wildman–Crippen MR) is 80.2 cm³/mol. The van der Waals surface area contributed by atoms with Crippen molar-refractivity contribution in [1.29, 1.82) is 0 Å². The van der Waals surface area contributed by atoms with Crippen molar-refractivity contribution in [3.8, 4) is 11.1 Å². The number of alkyl halides is 3. The Kier molecular flexibility index (Phi) is 4.42. The van der Waals surface area contributed by atoms with Gasteiger partial charge in [0, 0.05) is 18.3 Å². The minimum absolute atomic E-state index is 0.0321. The van der Waals surface area contributed by atoms with Gasteiger partial charge in [-0.3, -0.25) is 9.78 Å². The van der Waals surface area contributed by atoms with Crippen LogP contribution < -0.4 is 11.5 Å². The summed E-state index contributed by atoms with van der Waals surface area (Å²) in [4.78, 5) is 15.3. The van der Waals surface area contributed by atoms with Crippen molar-refractivity contribution in [2.24, 2.45) is 11.5 Å². The number of aromatic nitrogens is 1. The van der Waals surface area contributed by atoms with E-state index in [0.717, 1.165) is 6.07 Å². The molecule has 2 rings (SSSR count). The Labute approximate surface area is 131 Å². The molecule has 0 unspecified atom stereocenters. The van der Waals surface area contributed by atoms with Gasteiger partial charge >= 0.3 is 6.18 Å². The third kappa shape index (κ3) is 3.87. The summed E-state index contributed by atoms with van der Waals surface area (Å²) in [5, 5.41) is 0. The highest BCUT2D eigenvalue weighted by Gasteiger charge is 2.33. The smallest absolute Gasteiger partial charge is 0.368 e. The Morgan fingerprint density at radius 3 is 2.48 bits per heavy atom. The maximum Gasteiger partial charge on any atom is 0.417 e. The predicted octanol–water partition coefficient (Wildman–Crippen LogP) is 2.51. The van der Waals surface area contributed by atoms with Gasteiger partial charge in [0.1, 0.15) is 0 Å². The second-order valence-corrected chi connectivity index (χ2v) is 5.54. The summed E-state index contributed by atoms with van der Waals surface area (Å²) in [6, 6.07) is 8.23. The van der Waals surface area contributed by atoms with Crippen molar-refractivity contribution in [3.63, 3.8) is 0 Å². The van der Waals surface area contributed by atoms with Gasteiger partial charge in [-0.2, -0.15) is 13.2 Å². The van der Waals surface area contributed by atoms with Gasteiger partial charge in [0.2, 0.25) is 5.91 Å². The van der Waals surface area contributed by atoms with Gasteiger partial charge in [-0.05, 0) is 36.2 Å². The molecule has 0 saturated heterocycles. The number of halogens is 3. The quantitative estimate of drug-likeness (QED) is 0.907. The van der Waals surface area contributed by atoms with Crippen molar-refractivity contribution < 1.29 is 18.0 Å². The van der Waals surface area contributed by atoms with Crippen LogP contribution in [-0.2, 0) is 17.4 Å². The number of benzene rings is 1. The summed E-state index contributed by atoms with van der Waals surface area (Å²) in [6.45, 7) is 1.45. The van der Waals surface area contributed by atoms with Crippen molar-refractivity contribution in [1.82, 2.24) is 4.98 Å². The van der Waals surface area contributed by atoms with Crippen molar-refractivity contribution in [3.05, 3.63) is 53.9 Å². The number of hydrogen-bond acceptors (Lipinski definition) is 3. The van der Waals surface area contributed by atoms with E-state index in [9.17, 15) is 18.0 Å². The maximum atomic E-state index is 13.1. The fraction of sp³-hybridized carbons (Fsp3) is 0.250. The number of primary amides is 1. The van der Waals surface area contributed by atoms with Gasteiger partial charge in [-0.15, -0.1) is 0 Å². The highest BCUT2D eigenvalue weighted by molar-refractivity contribution is 5.84. The van der Waals surface area contributed by atoms with Crippen LogP contribution in [0.15, 0.2) is 42.6 Å². The Bertz CT molecular complexity index is 727. The fourth-order valence-electron chi connectivity index (χ4n) is 2.19. The lowest BCUT2D eigenvalue weighted by Gasteiger charge is -2.20. The summed E-state index contributed by atoms with van der Waals surface area (Å²) in [6.07, 6.45) is -3.05. The summed E-state index contributed by atoms with van der Waals surface area (Å²) >= 11 is 0. The van der Waals surface area contributed by atoms with E-state index >= 15 is 0 Å². The second-order valence-electron chi connectivity index (χ2n) is 5.54. The summed E-state index contributed by atoms with van der Waals surface area (Å²) in [5.74, 6) is -0.708. The molecule has 0 spiro atoms. The Morgan fingerprint density at radius 2 is 1.87 bits per heavy atom. The van der Waals surface area contributed by atoms with Gasteiger partial charge in [-0.25, -0.2) is 0 Å². The lowest BCUT2D eigenvalue weighted by Crippen LogP contribution is -2.51. The van der Waals surface area contributed by atoms with Gasteiger partial charge in [0.05, 0.1) is 11.1 Å².